The highest BCUT2D eigenvalue weighted by atomic mass is 32.1. The van der Waals surface area contributed by atoms with Gasteiger partial charge in [0.05, 0.1) is 28.9 Å². The molecule has 0 fully saturated rings. The van der Waals surface area contributed by atoms with Crippen molar-refractivity contribution >= 4 is 41.0 Å². The average molecular weight is 564 g/mol. The van der Waals surface area contributed by atoms with Gasteiger partial charge in [-0.1, -0.05) is 12.1 Å². The largest absolute Gasteiger partial charge is 0.529 e. The van der Waals surface area contributed by atoms with Gasteiger partial charge in [0.1, 0.15) is 17.6 Å². The first-order valence-electron chi connectivity index (χ1n) is 12.6. The van der Waals surface area contributed by atoms with E-state index >= 15 is 0 Å². The fraction of sp³-hybridized carbons (Fsp3) is 0.276. The Morgan fingerprint density at radius 1 is 1.10 bits per heavy atom. The zero-order chi connectivity index (χ0) is 29.1. The van der Waals surface area contributed by atoms with E-state index in [2.05, 4.69) is 9.98 Å². The summed E-state index contributed by atoms with van der Waals surface area (Å²) in [4.78, 5) is 47.9. The number of amides is 2. The van der Waals surface area contributed by atoms with Crippen molar-refractivity contribution in [2.24, 2.45) is 4.99 Å². The van der Waals surface area contributed by atoms with Gasteiger partial charge in [0, 0.05) is 36.7 Å². The topological polar surface area (TPSA) is 118 Å². The van der Waals surface area contributed by atoms with E-state index in [1.807, 2.05) is 18.4 Å². The van der Waals surface area contributed by atoms with Gasteiger partial charge in [0.25, 0.3) is 0 Å². The number of thiazole rings is 1. The highest BCUT2D eigenvalue weighted by Gasteiger charge is 2.46. The molecule has 1 aromatic heterocycles. The van der Waals surface area contributed by atoms with Crippen LogP contribution in [0.3, 0.4) is 0 Å². The molecule has 0 spiro atoms. The molecule has 1 atom stereocenters. The third kappa shape index (κ3) is 6.27. The van der Waals surface area contributed by atoms with Gasteiger partial charge in [-0.3, -0.25) is 0 Å². The molecule has 0 saturated heterocycles. The lowest BCUT2D eigenvalue weighted by atomic mass is 10.1. The molecule has 0 saturated carbocycles. The molecule has 3 aromatic rings. The Kier molecular flexibility index (Phi) is 8.17. The molecular formula is C29H31N4O6S+. The molecule has 2 aromatic carbocycles. The summed E-state index contributed by atoms with van der Waals surface area (Å²) in [5.74, 6) is 0.0393. The number of quaternary nitrogens is 1. The number of hydrogen-bond donors (Lipinski definition) is 1. The van der Waals surface area contributed by atoms with Gasteiger partial charge in [-0.2, -0.15) is 4.79 Å². The Bertz CT molecular complexity index is 1490. The lowest BCUT2D eigenvalue weighted by Crippen LogP contribution is -2.52. The molecule has 208 valence electrons. The number of rotatable bonds is 7. The smallest absolute Gasteiger partial charge is 0.444 e. The third-order valence-corrected chi connectivity index (χ3v) is 6.84. The summed E-state index contributed by atoms with van der Waals surface area (Å²) >= 11 is 1.53. The minimum absolute atomic E-state index is 0.195. The van der Waals surface area contributed by atoms with Gasteiger partial charge in [-0.15, -0.1) is 15.8 Å². The number of esters is 1. The van der Waals surface area contributed by atoms with Crippen LogP contribution in [0, 0.1) is 6.92 Å². The van der Waals surface area contributed by atoms with E-state index in [1.165, 1.54) is 28.6 Å². The second kappa shape index (κ2) is 11.4. The van der Waals surface area contributed by atoms with Crippen LogP contribution in [0.1, 0.15) is 42.6 Å². The van der Waals surface area contributed by atoms with Gasteiger partial charge >= 0.3 is 18.2 Å². The number of aromatic nitrogens is 1. The molecule has 11 heteroatoms. The molecule has 1 aliphatic rings. The predicted molar refractivity (Wildman–Crippen MR) is 154 cm³/mol. The fourth-order valence-electron chi connectivity index (χ4n) is 4.07. The van der Waals surface area contributed by atoms with E-state index in [-0.39, 0.29) is 18.7 Å². The number of hydrogen-bond acceptors (Lipinski definition) is 8. The Hall–Kier alpha value is -4.35. The maximum atomic E-state index is 12.8. The molecule has 0 bridgehead atoms. The highest BCUT2D eigenvalue weighted by molar-refractivity contribution is 7.09. The van der Waals surface area contributed by atoms with Gasteiger partial charge in [0.2, 0.25) is 5.84 Å². The Labute approximate surface area is 236 Å². The number of amidine groups is 1. The molecule has 2 amide bonds. The second-order valence-electron chi connectivity index (χ2n) is 10.2. The summed E-state index contributed by atoms with van der Waals surface area (Å²) in [7, 11) is 1.59. The summed E-state index contributed by atoms with van der Waals surface area (Å²) in [6.07, 6.45) is 1.41. The average Bonchev–Trinajstić information content (AvgIpc) is 3.54. The summed E-state index contributed by atoms with van der Waals surface area (Å²) in [5.41, 5.74) is 1.71. The zero-order valence-corrected chi connectivity index (χ0v) is 23.8. The van der Waals surface area contributed by atoms with Crippen molar-refractivity contribution in [3.05, 3.63) is 76.9 Å². The van der Waals surface area contributed by atoms with Crippen LogP contribution in [0.15, 0.2) is 71.3 Å². The van der Waals surface area contributed by atoms with E-state index in [9.17, 15) is 19.5 Å². The standard InChI is InChI=1S/C29H30N4O6S/c1-19-31-24(18-40-19)20-7-6-8-21(17-20)26(34)38-23-11-9-22(10-12-23)33(28(36)37)16-14-30-25(33)13-15-32(5)27(35)39-29(2,3)4/h6-12,14,16-18H,13,15H2,1-5H3/p+1. The van der Waals surface area contributed by atoms with Gasteiger partial charge in [0.15, 0.2) is 5.69 Å². The van der Waals surface area contributed by atoms with Crippen LogP contribution >= 0.6 is 11.3 Å². The van der Waals surface area contributed by atoms with Crippen molar-refractivity contribution in [3.8, 4) is 17.0 Å². The summed E-state index contributed by atoms with van der Waals surface area (Å²) in [6, 6.07) is 13.3. The highest BCUT2D eigenvalue weighted by Crippen LogP contribution is 2.32. The third-order valence-electron chi connectivity index (χ3n) is 6.07. The maximum absolute atomic E-state index is 12.8. The molecule has 1 aliphatic heterocycles. The summed E-state index contributed by atoms with van der Waals surface area (Å²) in [6.45, 7) is 7.45. The minimum atomic E-state index is -1.16. The molecule has 2 heterocycles. The maximum Gasteiger partial charge on any atom is 0.529 e. The molecule has 0 aliphatic carbocycles. The quantitative estimate of drug-likeness (QED) is 0.199. The Morgan fingerprint density at radius 2 is 1.82 bits per heavy atom. The first-order valence-corrected chi connectivity index (χ1v) is 13.4. The number of carbonyl (C=O) groups is 3. The summed E-state index contributed by atoms with van der Waals surface area (Å²) in [5, 5.41) is 13.1. The van der Waals surface area contributed by atoms with Crippen molar-refractivity contribution in [2.75, 3.05) is 13.6 Å². The molecular weight excluding hydrogens is 532 g/mol. The number of aryl methyl sites for hydroxylation is 1. The number of carbonyl (C=O) groups excluding carboxylic acids is 2. The molecule has 10 nitrogen and oxygen atoms in total. The van der Waals surface area contributed by atoms with E-state index < -0.39 is 28.2 Å². The van der Waals surface area contributed by atoms with Crippen molar-refractivity contribution in [3.63, 3.8) is 0 Å². The summed E-state index contributed by atoms with van der Waals surface area (Å²) < 4.78 is 10.3. The van der Waals surface area contributed by atoms with Gasteiger partial charge < -0.3 is 19.5 Å². The molecule has 4 rings (SSSR count). The number of carboxylic acid groups (broad SMARTS) is 1. The number of nitrogens with zero attached hydrogens (tertiary/aromatic N) is 4. The Balaban J connectivity index is 1.47. The Morgan fingerprint density at radius 3 is 2.45 bits per heavy atom. The minimum Gasteiger partial charge on any atom is -0.444 e. The fourth-order valence-corrected chi connectivity index (χ4v) is 4.69. The predicted octanol–water partition coefficient (Wildman–Crippen LogP) is 6.46. The van der Waals surface area contributed by atoms with Gasteiger partial charge in [-0.25, -0.2) is 19.6 Å². The van der Waals surface area contributed by atoms with E-state index in [0.717, 1.165) is 16.3 Å². The number of ether oxygens (including phenoxy) is 2. The molecule has 1 N–H and O–H groups in total. The van der Waals surface area contributed by atoms with Gasteiger partial charge in [-0.05, 0) is 52.0 Å². The van der Waals surface area contributed by atoms with Crippen LogP contribution in [-0.2, 0) is 4.74 Å². The number of aliphatic imine (C=N–C) groups is 1. The van der Waals surface area contributed by atoms with E-state index in [1.54, 1.807) is 70.3 Å². The second-order valence-corrected chi connectivity index (χ2v) is 11.3. The zero-order valence-electron chi connectivity index (χ0n) is 23.0. The van der Waals surface area contributed by atoms with Crippen LogP contribution in [0.4, 0.5) is 15.3 Å². The van der Waals surface area contributed by atoms with Crippen molar-refractivity contribution in [1.82, 2.24) is 14.4 Å². The van der Waals surface area contributed by atoms with Crippen molar-refractivity contribution < 1.29 is 29.0 Å². The normalized spacial score (nSPS) is 16.4. The van der Waals surface area contributed by atoms with Crippen molar-refractivity contribution in [2.45, 2.75) is 39.7 Å². The molecule has 40 heavy (non-hydrogen) atoms. The monoisotopic (exact) mass is 563 g/mol. The van der Waals surface area contributed by atoms with Crippen LogP contribution in [-0.4, -0.2) is 58.2 Å². The first kappa shape index (κ1) is 28.7. The van der Waals surface area contributed by atoms with E-state index in [0.29, 0.717) is 17.1 Å². The van der Waals surface area contributed by atoms with Crippen LogP contribution < -0.4 is 9.22 Å². The van der Waals surface area contributed by atoms with Crippen LogP contribution in [0.5, 0.6) is 5.75 Å². The SMILES string of the molecule is Cc1nc(-c2cccc(C(=O)Oc3ccc([N+]4(C(=O)O)C=CN=C4CCN(C)C(=O)OC(C)(C)C)cc3)c2)cs1. The van der Waals surface area contributed by atoms with Crippen LogP contribution in [0.25, 0.3) is 11.3 Å². The lowest BCUT2D eigenvalue weighted by Gasteiger charge is -2.28. The number of benzene rings is 2. The van der Waals surface area contributed by atoms with Crippen LogP contribution in [0.2, 0.25) is 0 Å². The molecule has 0 radical (unpaired) electrons. The van der Waals surface area contributed by atoms with E-state index in [4.69, 9.17) is 9.47 Å². The van der Waals surface area contributed by atoms with Crippen molar-refractivity contribution in [1.29, 1.82) is 0 Å². The molecule has 1 unspecified atom stereocenters. The first-order chi connectivity index (χ1) is 18.9. The lowest BCUT2D eigenvalue weighted by molar-refractivity contribution is 0.0302.